The van der Waals surface area contributed by atoms with Crippen LogP contribution < -0.4 is 11.1 Å². The Morgan fingerprint density at radius 3 is 2.71 bits per heavy atom. The van der Waals surface area contributed by atoms with E-state index in [2.05, 4.69) is 20.5 Å². The van der Waals surface area contributed by atoms with Gasteiger partial charge in [-0.3, -0.25) is 9.78 Å². The van der Waals surface area contributed by atoms with E-state index in [0.717, 1.165) is 5.69 Å². The summed E-state index contributed by atoms with van der Waals surface area (Å²) in [6, 6.07) is 6.35. The van der Waals surface area contributed by atoms with E-state index in [9.17, 15) is 9.18 Å². The van der Waals surface area contributed by atoms with Gasteiger partial charge in [0.25, 0.3) is 5.91 Å². The molecule has 0 aliphatic rings. The molecule has 0 saturated heterocycles. The summed E-state index contributed by atoms with van der Waals surface area (Å²) < 4.78 is 14.4. The quantitative estimate of drug-likeness (QED) is 0.771. The monoisotopic (exact) mass is 325 g/mol. The smallest absolute Gasteiger partial charge is 0.273 e. The first-order valence-corrected chi connectivity index (χ1v) is 7.48. The van der Waals surface area contributed by atoms with E-state index in [1.807, 2.05) is 6.92 Å². The third-order valence-corrected chi connectivity index (χ3v) is 3.67. The number of pyridine rings is 1. The molecule has 3 rings (SSSR count). The Labute approximate surface area is 137 Å². The number of amides is 1. The number of hydrogen-bond acceptors (Lipinski definition) is 5. The Kier molecular flexibility index (Phi) is 4.07. The minimum Gasteiger partial charge on any atom is -0.396 e. The Morgan fingerprint density at radius 2 is 2.04 bits per heavy atom. The van der Waals surface area contributed by atoms with E-state index < -0.39 is 11.7 Å². The van der Waals surface area contributed by atoms with Gasteiger partial charge in [-0.1, -0.05) is 6.07 Å². The fraction of sp³-hybridized carbons (Fsp3) is 0.176. The van der Waals surface area contributed by atoms with Crippen molar-refractivity contribution >= 4 is 22.5 Å². The number of anilines is 1. The molecule has 0 atom stereocenters. The minimum absolute atomic E-state index is 0.0314. The predicted molar refractivity (Wildman–Crippen MR) is 89.9 cm³/mol. The van der Waals surface area contributed by atoms with Crippen molar-refractivity contribution in [3.8, 4) is 11.1 Å². The second kappa shape index (κ2) is 6.19. The van der Waals surface area contributed by atoms with Crippen molar-refractivity contribution in [2.24, 2.45) is 0 Å². The largest absolute Gasteiger partial charge is 0.396 e. The summed E-state index contributed by atoms with van der Waals surface area (Å²) in [5.41, 5.74) is 8.23. The number of nitrogens with one attached hydrogen (secondary N) is 1. The maximum atomic E-state index is 14.4. The second-order valence-corrected chi connectivity index (χ2v) is 5.33. The fourth-order valence-corrected chi connectivity index (χ4v) is 2.47. The molecule has 1 aromatic carbocycles. The number of fused-ring (bicyclic) bond motifs is 1. The van der Waals surface area contributed by atoms with Crippen LogP contribution in [0.4, 0.5) is 10.1 Å². The van der Waals surface area contributed by atoms with Crippen LogP contribution >= 0.6 is 0 Å². The van der Waals surface area contributed by atoms with Crippen LogP contribution in [0.25, 0.3) is 22.0 Å². The molecule has 3 aromatic rings. The number of rotatable bonds is 3. The number of aromatic nitrogens is 3. The zero-order chi connectivity index (χ0) is 17.3. The zero-order valence-electron chi connectivity index (χ0n) is 13.3. The highest BCUT2D eigenvalue weighted by Gasteiger charge is 2.19. The van der Waals surface area contributed by atoms with Crippen molar-refractivity contribution in [3.05, 3.63) is 47.7 Å². The number of carbonyl (C=O) groups excluding carboxylic acids is 1. The number of hydrogen-bond donors (Lipinski definition) is 2. The van der Waals surface area contributed by atoms with Crippen LogP contribution in [0.15, 0.2) is 30.5 Å². The molecule has 0 saturated carbocycles. The molecule has 24 heavy (non-hydrogen) atoms. The van der Waals surface area contributed by atoms with Crippen LogP contribution in [-0.4, -0.2) is 27.6 Å². The van der Waals surface area contributed by atoms with E-state index in [0.29, 0.717) is 23.0 Å². The Balaban J connectivity index is 2.24. The third kappa shape index (κ3) is 2.64. The van der Waals surface area contributed by atoms with E-state index >= 15 is 0 Å². The van der Waals surface area contributed by atoms with E-state index in [1.54, 1.807) is 25.3 Å². The topological polar surface area (TPSA) is 93.8 Å². The standard InChI is InChI=1S/C17H16FN5O/c1-3-20-17(24)16-14(19)11-6-7-12(18)13(15(11)22-23-16)10-5-4-9(2)21-8-10/h4-8H,3H2,1-2H3,(H2,19,22)(H,20,24). The molecule has 0 aliphatic carbocycles. The summed E-state index contributed by atoms with van der Waals surface area (Å²) in [6.45, 7) is 4.09. The Hall–Kier alpha value is -3.09. The predicted octanol–water partition coefficient (Wildman–Crippen LogP) is 2.47. The van der Waals surface area contributed by atoms with Crippen molar-refractivity contribution in [3.63, 3.8) is 0 Å². The molecule has 0 unspecified atom stereocenters. The van der Waals surface area contributed by atoms with Gasteiger partial charge in [-0.2, -0.15) is 0 Å². The molecule has 2 heterocycles. The van der Waals surface area contributed by atoms with Gasteiger partial charge in [0, 0.05) is 34.9 Å². The molecular formula is C17H16FN5O. The maximum Gasteiger partial charge on any atom is 0.273 e. The summed E-state index contributed by atoms with van der Waals surface area (Å²) in [6.07, 6.45) is 1.57. The number of nitrogens with two attached hydrogens (primary N) is 1. The van der Waals surface area contributed by atoms with Crippen LogP contribution in [0.3, 0.4) is 0 Å². The molecule has 0 bridgehead atoms. The van der Waals surface area contributed by atoms with Gasteiger partial charge in [0.2, 0.25) is 0 Å². The average Bonchev–Trinajstić information content (AvgIpc) is 2.56. The number of nitrogens with zero attached hydrogens (tertiary/aromatic N) is 3. The van der Waals surface area contributed by atoms with Crippen molar-refractivity contribution in [1.29, 1.82) is 0 Å². The van der Waals surface area contributed by atoms with Gasteiger partial charge < -0.3 is 11.1 Å². The van der Waals surface area contributed by atoms with E-state index in [1.165, 1.54) is 12.1 Å². The van der Waals surface area contributed by atoms with Gasteiger partial charge in [0.1, 0.15) is 11.3 Å². The zero-order valence-corrected chi connectivity index (χ0v) is 13.3. The first-order valence-electron chi connectivity index (χ1n) is 7.48. The lowest BCUT2D eigenvalue weighted by molar-refractivity contribution is 0.0951. The number of halogens is 1. The van der Waals surface area contributed by atoms with Gasteiger partial charge in [0.15, 0.2) is 5.69 Å². The second-order valence-electron chi connectivity index (χ2n) is 5.33. The molecule has 0 fully saturated rings. The highest BCUT2D eigenvalue weighted by molar-refractivity contribution is 6.07. The fourth-order valence-electron chi connectivity index (χ4n) is 2.47. The molecule has 7 heteroatoms. The molecule has 0 aliphatic heterocycles. The molecule has 1 amide bonds. The van der Waals surface area contributed by atoms with Crippen molar-refractivity contribution in [2.75, 3.05) is 12.3 Å². The summed E-state index contributed by atoms with van der Waals surface area (Å²) in [5.74, 6) is -0.861. The van der Waals surface area contributed by atoms with Crippen molar-refractivity contribution in [2.45, 2.75) is 13.8 Å². The van der Waals surface area contributed by atoms with Gasteiger partial charge in [-0.25, -0.2) is 4.39 Å². The minimum atomic E-state index is -0.451. The highest BCUT2D eigenvalue weighted by Crippen LogP contribution is 2.32. The molecule has 3 N–H and O–H groups in total. The van der Waals surface area contributed by atoms with Gasteiger partial charge in [-0.05, 0) is 32.0 Å². The number of benzene rings is 1. The lowest BCUT2D eigenvalue weighted by atomic mass is 10.0. The lowest BCUT2D eigenvalue weighted by Gasteiger charge is -2.11. The number of aryl methyl sites for hydroxylation is 1. The number of nitrogen functional groups attached to an aromatic ring is 1. The van der Waals surface area contributed by atoms with E-state index in [4.69, 9.17) is 5.73 Å². The molecule has 6 nitrogen and oxygen atoms in total. The van der Waals surface area contributed by atoms with E-state index in [-0.39, 0.29) is 16.9 Å². The van der Waals surface area contributed by atoms with Gasteiger partial charge in [-0.15, -0.1) is 10.2 Å². The summed E-state index contributed by atoms with van der Waals surface area (Å²) in [4.78, 5) is 16.2. The highest BCUT2D eigenvalue weighted by atomic mass is 19.1. The Bertz CT molecular complexity index is 924. The normalized spacial score (nSPS) is 10.8. The summed E-state index contributed by atoms with van der Waals surface area (Å²) in [5, 5.41) is 11.0. The first-order chi connectivity index (χ1) is 11.5. The Morgan fingerprint density at radius 1 is 1.25 bits per heavy atom. The van der Waals surface area contributed by atoms with Crippen LogP contribution in [0.1, 0.15) is 23.1 Å². The van der Waals surface area contributed by atoms with Crippen LogP contribution in [0.5, 0.6) is 0 Å². The molecule has 0 spiro atoms. The maximum absolute atomic E-state index is 14.4. The molecule has 0 radical (unpaired) electrons. The van der Waals surface area contributed by atoms with Crippen LogP contribution in [0, 0.1) is 12.7 Å². The summed E-state index contributed by atoms with van der Waals surface area (Å²) in [7, 11) is 0. The lowest BCUT2D eigenvalue weighted by Crippen LogP contribution is -2.25. The first kappa shape index (κ1) is 15.8. The van der Waals surface area contributed by atoms with Gasteiger partial charge in [0.05, 0.1) is 5.69 Å². The number of carbonyl (C=O) groups is 1. The molecule has 122 valence electrons. The van der Waals surface area contributed by atoms with Gasteiger partial charge >= 0.3 is 0 Å². The van der Waals surface area contributed by atoms with Crippen molar-refractivity contribution in [1.82, 2.24) is 20.5 Å². The van der Waals surface area contributed by atoms with Crippen LogP contribution in [-0.2, 0) is 0 Å². The summed E-state index contributed by atoms with van der Waals surface area (Å²) >= 11 is 0. The van der Waals surface area contributed by atoms with Crippen molar-refractivity contribution < 1.29 is 9.18 Å². The SMILES string of the molecule is CCNC(=O)c1nnc2c(-c3ccc(C)nc3)c(F)ccc2c1N. The molecular weight excluding hydrogens is 309 g/mol. The van der Waals surface area contributed by atoms with Crippen LogP contribution in [0.2, 0.25) is 0 Å². The average molecular weight is 325 g/mol. The third-order valence-electron chi connectivity index (χ3n) is 3.67. The molecule has 2 aromatic heterocycles.